The number of rotatable bonds is 3. The number of anilines is 2. The Kier molecular flexibility index (Phi) is 5.10. The zero-order valence-electron chi connectivity index (χ0n) is 12.0. The minimum Gasteiger partial charge on any atom is -0.340 e. The maximum absolute atomic E-state index is 4.66. The third-order valence-corrected chi connectivity index (χ3v) is 4.03. The molecule has 0 aliphatic rings. The zero-order chi connectivity index (χ0) is 13.9. The van der Waals surface area contributed by atoms with E-state index in [1.807, 2.05) is 18.2 Å². The summed E-state index contributed by atoms with van der Waals surface area (Å²) in [4.78, 5) is 5.92. The SMILES string of the molecule is CSc1ccc(Nc2cc(C)c3ccccc3n2)cc1.Cl. The number of nitrogens with zero attached hydrogens (tertiary/aromatic N) is 1. The molecule has 0 bridgehead atoms. The van der Waals surface area contributed by atoms with E-state index >= 15 is 0 Å². The van der Waals surface area contributed by atoms with Crippen LogP contribution in [0.4, 0.5) is 11.5 Å². The third-order valence-electron chi connectivity index (χ3n) is 3.29. The predicted molar refractivity (Wildman–Crippen MR) is 95.2 cm³/mol. The summed E-state index contributed by atoms with van der Waals surface area (Å²) in [6.07, 6.45) is 2.08. The first-order chi connectivity index (χ1) is 9.76. The summed E-state index contributed by atoms with van der Waals surface area (Å²) in [6, 6.07) is 18.7. The molecule has 1 aromatic heterocycles. The molecule has 1 heterocycles. The predicted octanol–water partition coefficient (Wildman–Crippen LogP) is 5.43. The lowest BCUT2D eigenvalue weighted by atomic mass is 10.1. The van der Waals surface area contributed by atoms with Crippen LogP contribution in [-0.4, -0.2) is 11.2 Å². The number of halogens is 1. The average molecular weight is 317 g/mol. The highest BCUT2D eigenvalue weighted by molar-refractivity contribution is 7.98. The first kappa shape index (κ1) is 15.7. The van der Waals surface area contributed by atoms with E-state index in [0.717, 1.165) is 17.0 Å². The van der Waals surface area contributed by atoms with Crippen molar-refractivity contribution < 1.29 is 0 Å². The lowest BCUT2D eigenvalue weighted by molar-refractivity contribution is 1.33. The van der Waals surface area contributed by atoms with Crippen LogP contribution in [0.25, 0.3) is 10.9 Å². The van der Waals surface area contributed by atoms with Crippen LogP contribution in [0.15, 0.2) is 59.5 Å². The Morgan fingerprint density at radius 1 is 1.00 bits per heavy atom. The van der Waals surface area contributed by atoms with E-state index in [1.165, 1.54) is 15.8 Å². The molecule has 0 saturated heterocycles. The van der Waals surface area contributed by atoms with Crippen molar-refractivity contribution >= 4 is 46.6 Å². The van der Waals surface area contributed by atoms with Gasteiger partial charge in [0, 0.05) is 16.0 Å². The fraction of sp³-hybridized carbons (Fsp3) is 0.118. The van der Waals surface area contributed by atoms with Gasteiger partial charge in [-0.1, -0.05) is 18.2 Å². The fourth-order valence-electron chi connectivity index (χ4n) is 2.24. The summed E-state index contributed by atoms with van der Waals surface area (Å²) in [7, 11) is 0. The minimum absolute atomic E-state index is 0. The van der Waals surface area contributed by atoms with E-state index in [4.69, 9.17) is 0 Å². The van der Waals surface area contributed by atoms with E-state index in [0.29, 0.717) is 0 Å². The number of nitrogens with one attached hydrogen (secondary N) is 1. The van der Waals surface area contributed by atoms with E-state index in [1.54, 1.807) is 11.8 Å². The van der Waals surface area contributed by atoms with Crippen molar-refractivity contribution in [1.82, 2.24) is 4.98 Å². The maximum atomic E-state index is 4.66. The van der Waals surface area contributed by atoms with Gasteiger partial charge in [0.05, 0.1) is 5.52 Å². The van der Waals surface area contributed by atoms with Crippen LogP contribution in [-0.2, 0) is 0 Å². The number of benzene rings is 2. The van der Waals surface area contributed by atoms with Gasteiger partial charge in [0.2, 0.25) is 0 Å². The number of aryl methyl sites for hydroxylation is 1. The highest BCUT2D eigenvalue weighted by atomic mass is 35.5. The summed E-state index contributed by atoms with van der Waals surface area (Å²) in [5.41, 5.74) is 3.32. The molecule has 108 valence electrons. The molecule has 2 nitrogen and oxygen atoms in total. The van der Waals surface area contributed by atoms with Crippen molar-refractivity contribution in [1.29, 1.82) is 0 Å². The quantitative estimate of drug-likeness (QED) is 0.652. The summed E-state index contributed by atoms with van der Waals surface area (Å²) in [5.74, 6) is 0.887. The molecule has 0 saturated carbocycles. The second-order valence-corrected chi connectivity index (χ2v) is 5.57. The Morgan fingerprint density at radius 2 is 1.71 bits per heavy atom. The van der Waals surface area contributed by atoms with Crippen LogP contribution in [0, 0.1) is 6.92 Å². The van der Waals surface area contributed by atoms with Crippen LogP contribution in [0.2, 0.25) is 0 Å². The molecule has 0 aliphatic carbocycles. The molecule has 0 unspecified atom stereocenters. The molecular weight excluding hydrogens is 300 g/mol. The Bertz CT molecular complexity index is 741. The number of hydrogen-bond donors (Lipinski definition) is 1. The second-order valence-electron chi connectivity index (χ2n) is 4.70. The monoisotopic (exact) mass is 316 g/mol. The molecule has 4 heteroatoms. The summed E-state index contributed by atoms with van der Waals surface area (Å²) in [5, 5.41) is 4.57. The first-order valence-corrected chi connectivity index (χ1v) is 7.76. The van der Waals surface area contributed by atoms with Gasteiger partial charge in [0.25, 0.3) is 0 Å². The molecule has 0 atom stereocenters. The number of aromatic nitrogens is 1. The highest BCUT2D eigenvalue weighted by Crippen LogP contribution is 2.23. The van der Waals surface area contributed by atoms with Gasteiger partial charge in [-0.05, 0) is 55.1 Å². The number of pyridine rings is 1. The maximum Gasteiger partial charge on any atom is 0.131 e. The standard InChI is InChI=1S/C17H16N2S.ClH/c1-12-11-17(19-16-6-4-3-5-15(12)16)18-13-7-9-14(20-2)10-8-13;/h3-11H,1-2H3,(H,18,19);1H. The van der Waals surface area contributed by atoms with Gasteiger partial charge in [0.15, 0.2) is 0 Å². The molecule has 2 aromatic carbocycles. The van der Waals surface area contributed by atoms with E-state index in [9.17, 15) is 0 Å². The van der Waals surface area contributed by atoms with Gasteiger partial charge in [-0.3, -0.25) is 0 Å². The Morgan fingerprint density at radius 3 is 2.43 bits per heavy atom. The van der Waals surface area contributed by atoms with Crippen molar-refractivity contribution in [3.8, 4) is 0 Å². The van der Waals surface area contributed by atoms with Crippen LogP contribution < -0.4 is 5.32 Å². The number of para-hydroxylation sites is 1. The highest BCUT2D eigenvalue weighted by Gasteiger charge is 2.02. The molecule has 0 radical (unpaired) electrons. The van der Waals surface area contributed by atoms with Gasteiger partial charge in [-0.2, -0.15) is 0 Å². The van der Waals surface area contributed by atoms with Crippen molar-refractivity contribution in [2.45, 2.75) is 11.8 Å². The Hall–Kier alpha value is -1.71. The van der Waals surface area contributed by atoms with Crippen molar-refractivity contribution in [3.63, 3.8) is 0 Å². The van der Waals surface area contributed by atoms with Crippen LogP contribution >= 0.6 is 24.2 Å². The second kappa shape index (κ2) is 6.83. The lowest BCUT2D eigenvalue weighted by Gasteiger charge is -2.09. The minimum atomic E-state index is 0. The van der Waals surface area contributed by atoms with E-state index < -0.39 is 0 Å². The van der Waals surface area contributed by atoms with Crippen LogP contribution in [0.1, 0.15) is 5.56 Å². The molecule has 0 amide bonds. The number of hydrogen-bond acceptors (Lipinski definition) is 3. The zero-order valence-corrected chi connectivity index (χ0v) is 13.6. The Labute approximate surface area is 135 Å². The smallest absolute Gasteiger partial charge is 0.131 e. The van der Waals surface area contributed by atoms with Gasteiger partial charge < -0.3 is 5.32 Å². The van der Waals surface area contributed by atoms with Gasteiger partial charge in [0.1, 0.15) is 5.82 Å². The summed E-state index contributed by atoms with van der Waals surface area (Å²) >= 11 is 1.74. The van der Waals surface area contributed by atoms with Gasteiger partial charge >= 0.3 is 0 Å². The first-order valence-electron chi connectivity index (χ1n) is 6.54. The largest absolute Gasteiger partial charge is 0.340 e. The number of thioether (sulfide) groups is 1. The van der Waals surface area contributed by atoms with Crippen molar-refractivity contribution in [3.05, 3.63) is 60.2 Å². The molecule has 0 fully saturated rings. The lowest BCUT2D eigenvalue weighted by Crippen LogP contribution is -1.95. The average Bonchev–Trinajstić information content (AvgIpc) is 2.48. The molecule has 3 rings (SSSR count). The van der Waals surface area contributed by atoms with Crippen molar-refractivity contribution in [2.75, 3.05) is 11.6 Å². The van der Waals surface area contributed by atoms with Crippen LogP contribution in [0.3, 0.4) is 0 Å². The molecule has 21 heavy (non-hydrogen) atoms. The third kappa shape index (κ3) is 3.49. The summed E-state index contributed by atoms with van der Waals surface area (Å²) in [6.45, 7) is 2.12. The van der Waals surface area contributed by atoms with Gasteiger partial charge in [-0.25, -0.2) is 4.98 Å². The normalized spacial score (nSPS) is 10.2. The summed E-state index contributed by atoms with van der Waals surface area (Å²) < 4.78 is 0. The van der Waals surface area contributed by atoms with Gasteiger partial charge in [-0.15, -0.1) is 24.2 Å². The topological polar surface area (TPSA) is 24.9 Å². The number of fused-ring (bicyclic) bond motifs is 1. The molecule has 3 aromatic rings. The van der Waals surface area contributed by atoms with Crippen LogP contribution in [0.5, 0.6) is 0 Å². The van der Waals surface area contributed by atoms with E-state index in [-0.39, 0.29) is 12.4 Å². The van der Waals surface area contributed by atoms with E-state index in [2.05, 4.69) is 59.9 Å². The molecule has 0 aliphatic heterocycles. The molecule has 1 N–H and O–H groups in total. The molecular formula is C17H17ClN2S. The molecule has 0 spiro atoms. The Balaban J connectivity index is 0.00000161. The fourth-order valence-corrected chi connectivity index (χ4v) is 2.64. The van der Waals surface area contributed by atoms with Crippen molar-refractivity contribution in [2.24, 2.45) is 0 Å².